The van der Waals surface area contributed by atoms with E-state index in [4.69, 9.17) is 0 Å². The summed E-state index contributed by atoms with van der Waals surface area (Å²) in [6.45, 7) is 9.37. The molecule has 1 amide bonds. The second-order valence-corrected chi connectivity index (χ2v) is 4.39. The minimum atomic E-state index is -0.269. The van der Waals surface area contributed by atoms with E-state index in [-0.39, 0.29) is 11.7 Å². The van der Waals surface area contributed by atoms with Gasteiger partial charge in [-0.3, -0.25) is 4.79 Å². The first-order valence-electron chi connectivity index (χ1n) is 7.43. The van der Waals surface area contributed by atoms with E-state index in [1.54, 1.807) is 13.1 Å². The van der Waals surface area contributed by atoms with Crippen LogP contribution in [-0.4, -0.2) is 22.9 Å². The first kappa shape index (κ1) is 20.5. The standard InChI is InChI=1S/C9H12N2O.C6H7FN2.C2H6/c1-6-4-5-9(10-7(6)2)11-8(3)12;1-8-6-4-5(7)2-3-9-6;1-2/h4-5H,1-3H3,(H,10,11,12);2-4H,1H3,(H,8,9);1-2H3. The Balaban J connectivity index is 0.000000392. The normalized spacial score (nSPS) is 8.83. The first-order valence-corrected chi connectivity index (χ1v) is 7.43. The number of pyridine rings is 2. The second kappa shape index (κ2) is 11.1. The maximum absolute atomic E-state index is 12.3. The summed E-state index contributed by atoms with van der Waals surface area (Å²) in [5.74, 6) is 0.806. The Bertz CT molecular complexity index is 617. The summed E-state index contributed by atoms with van der Waals surface area (Å²) < 4.78 is 12.3. The van der Waals surface area contributed by atoms with Crippen molar-refractivity contribution < 1.29 is 9.18 Å². The highest BCUT2D eigenvalue weighted by atomic mass is 19.1. The zero-order chi connectivity index (χ0) is 17.8. The molecular weight excluding hydrogens is 295 g/mol. The Morgan fingerprint density at radius 1 is 1.13 bits per heavy atom. The van der Waals surface area contributed by atoms with E-state index in [0.29, 0.717) is 11.6 Å². The molecule has 0 atom stereocenters. The van der Waals surface area contributed by atoms with Crippen LogP contribution in [-0.2, 0) is 4.79 Å². The summed E-state index contributed by atoms with van der Waals surface area (Å²) in [7, 11) is 1.70. The van der Waals surface area contributed by atoms with Gasteiger partial charge in [0.2, 0.25) is 5.91 Å². The molecule has 2 aromatic heterocycles. The molecule has 2 N–H and O–H groups in total. The fourth-order valence-electron chi connectivity index (χ4n) is 1.42. The van der Waals surface area contributed by atoms with Gasteiger partial charge in [0.1, 0.15) is 17.5 Å². The van der Waals surface area contributed by atoms with Crippen molar-refractivity contribution in [2.45, 2.75) is 34.6 Å². The van der Waals surface area contributed by atoms with E-state index in [0.717, 1.165) is 11.3 Å². The van der Waals surface area contributed by atoms with Gasteiger partial charge in [0.15, 0.2) is 0 Å². The molecule has 0 spiro atoms. The maximum atomic E-state index is 12.3. The molecule has 0 aromatic carbocycles. The number of carbonyl (C=O) groups is 1. The van der Waals surface area contributed by atoms with Crippen molar-refractivity contribution in [3.63, 3.8) is 0 Å². The number of halogens is 1. The predicted octanol–water partition coefficient (Wildman–Crippen LogP) is 3.95. The highest BCUT2D eigenvalue weighted by Gasteiger charge is 1.98. The molecular formula is C17H25FN4O. The summed E-state index contributed by atoms with van der Waals surface area (Å²) >= 11 is 0. The third-order valence-corrected chi connectivity index (χ3v) is 2.63. The topological polar surface area (TPSA) is 66.9 Å². The molecule has 0 bridgehead atoms. The summed E-state index contributed by atoms with van der Waals surface area (Å²) in [5, 5.41) is 5.34. The van der Waals surface area contributed by atoms with Crippen LogP contribution in [0, 0.1) is 19.7 Å². The predicted molar refractivity (Wildman–Crippen MR) is 93.1 cm³/mol. The van der Waals surface area contributed by atoms with E-state index in [9.17, 15) is 9.18 Å². The van der Waals surface area contributed by atoms with Crippen LogP contribution in [0.15, 0.2) is 30.5 Å². The monoisotopic (exact) mass is 320 g/mol. The van der Waals surface area contributed by atoms with Gasteiger partial charge in [-0.05, 0) is 31.5 Å². The number of rotatable bonds is 2. The average molecular weight is 320 g/mol. The zero-order valence-corrected chi connectivity index (χ0v) is 14.6. The minimum Gasteiger partial charge on any atom is -0.373 e. The van der Waals surface area contributed by atoms with Crippen molar-refractivity contribution >= 4 is 17.5 Å². The van der Waals surface area contributed by atoms with Gasteiger partial charge in [-0.15, -0.1) is 0 Å². The van der Waals surface area contributed by atoms with E-state index in [2.05, 4.69) is 20.6 Å². The SMILES string of the molecule is CC.CC(=O)Nc1ccc(C)c(C)n1.CNc1cc(F)ccn1. The molecule has 0 aliphatic carbocycles. The van der Waals surface area contributed by atoms with E-state index >= 15 is 0 Å². The van der Waals surface area contributed by atoms with E-state index in [1.165, 1.54) is 25.3 Å². The van der Waals surface area contributed by atoms with Gasteiger partial charge in [-0.2, -0.15) is 0 Å². The number of nitrogens with zero attached hydrogens (tertiary/aromatic N) is 2. The lowest BCUT2D eigenvalue weighted by Gasteiger charge is -2.03. The molecule has 0 aliphatic rings. The molecule has 0 fully saturated rings. The van der Waals surface area contributed by atoms with Crippen molar-refractivity contribution in [1.29, 1.82) is 0 Å². The number of hydrogen-bond acceptors (Lipinski definition) is 4. The second-order valence-electron chi connectivity index (χ2n) is 4.39. The summed E-state index contributed by atoms with van der Waals surface area (Å²) in [6, 6.07) is 6.37. The molecule has 0 unspecified atom stereocenters. The third-order valence-electron chi connectivity index (χ3n) is 2.63. The molecule has 23 heavy (non-hydrogen) atoms. The van der Waals surface area contributed by atoms with Gasteiger partial charge in [0.05, 0.1) is 0 Å². The molecule has 0 saturated heterocycles. The molecule has 0 radical (unpaired) electrons. The lowest BCUT2D eigenvalue weighted by Crippen LogP contribution is -2.07. The molecule has 2 heterocycles. The highest BCUT2D eigenvalue weighted by Crippen LogP contribution is 2.08. The number of anilines is 2. The lowest BCUT2D eigenvalue weighted by molar-refractivity contribution is -0.114. The Kier molecular flexibility index (Phi) is 9.91. The largest absolute Gasteiger partial charge is 0.373 e. The molecule has 0 saturated carbocycles. The third kappa shape index (κ3) is 8.50. The number of carbonyl (C=O) groups excluding carboxylic acids is 1. The van der Waals surface area contributed by atoms with Crippen molar-refractivity contribution in [1.82, 2.24) is 9.97 Å². The Morgan fingerprint density at radius 3 is 2.22 bits per heavy atom. The van der Waals surface area contributed by atoms with Crippen LogP contribution in [0.5, 0.6) is 0 Å². The molecule has 2 rings (SSSR count). The van der Waals surface area contributed by atoms with Crippen LogP contribution < -0.4 is 10.6 Å². The quantitative estimate of drug-likeness (QED) is 0.879. The van der Waals surface area contributed by atoms with Crippen molar-refractivity contribution in [2.24, 2.45) is 0 Å². The zero-order valence-electron chi connectivity index (χ0n) is 14.6. The Morgan fingerprint density at radius 2 is 1.78 bits per heavy atom. The number of aryl methyl sites for hydroxylation is 2. The first-order chi connectivity index (χ1) is 10.9. The van der Waals surface area contributed by atoms with Crippen LogP contribution in [0.4, 0.5) is 16.0 Å². The van der Waals surface area contributed by atoms with E-state index < -0.39 is 0 Å². The van der Waals surface area contributed by atoms with E-state index in [1.807, 2.05) is 33.8 Å². The van der Waals surface area contributed by atoms with Crippen molar-refractivity contribution in [3.05, 3.63) is 47.5 Å². The Labute approximate surface area is 137 Å². The fraction of sp³-hybridized carbons (Fsp3) is 0.353. The molecule has 6 heteroatoms. The van der Waals surface area contributed by atoms with Crippen LogP contribution in [0.25, 0.3) is 0 Å². The summed E-state index contributed by atoms with van der Waals surface area (Å²) in [4.78, 5) is 18.6. The van der Waals surface area contributed by atoms with Gasteiger partial charge in [0, 0.05) is 31.9 Å². The van der Waals surface area contributed by atoms with Crippen molar-refractivity contribution in [2.75, 3.05) is 17.7 Å². The molecule has 126 valence electrons. The lowest BCUT2D eigenvalue weighted by atomic mass is 10.2. The Hall–Kier alpha value is -2.50. The van der Waals surface area contributed by atoms with Crippen molar-refractivity contribution in [3.8, 4) is 0 Å². The van der Waals surface area contributed by atoms with Gasteiger partial charge >= 0.3 is 0 Å². The molecule has 2 aromatic rings. The number of aromatic nitrogens is 2. The summed E-state index contributed by atoms with van der Waals surface area (Å²) in [6.07, 6.45) is 1.42. The van der Waals surface area contributed by atoms with Crippen LogP contribution in [0.3, 0.4) is 0 Å². The average Bonchev–Trinajstić information content (AvgIpc) is 2.53. The van der Waals surface area contributed by atoms with Gasteiger partial charge in [0.25, 0.3) is 0 Å². The minimum absolute atomic E-state index is 0.0919. The van der Waals surface area contributed by atoms with Crippen LogP contribution >= 0.6 is 0 Å². The number of nitrogens with one attached hydrogen (secondary N) is 2. The van der Waals surface area contributed by atoms with Gasteiger partial charge in [-0.25, -0.2) is 14.4 Å². The molecule has 0 aliphatic heterocycles. The highest BCUT2D eigenvalue weighted by molar-refractivity contribution is 5.87. The molecule has 5 nitrogen and oxygen atoms in total. The maximum Gasteiger partial charge on any atom is 0.222 e. The van der Waals surface area contributed by atoms with Gasteiger partial charge in [-0.1, -0.05) is 19.9 Å². The number of amides is 1. The number of hydrogen-bond donors (Lipinski definition) is 2. The summed E-state index contributed by atoms with van der Waals surface area (Å²) in [5.41, 5.74) is 2.07. The van der Waals surface area contributed by atoms with Crippen LogP contribution in [0.2, 0.25) is 0 Å². The van der Waals surface area contributed by atoms with Gasteiger partial charge < -0.3 is 10.6 Å². The fourth-order valence-corrected chi connectivity index (χ4v) is 1.42. The smallest absolute Gasteiger partial charge is 0.222 e. The van der Waals surface area contributed by atoms with Crippen LogP contribution in [0.1, 0.15) is 32.0 Å².